The molecule has 0 aliphatic heterocycles. The third-order valence-electron chi connectivity index (χ3n) is 3.85. The monoisotopic (exact) mass is 263 g/mol. The van der Waals surface area contributed by atoms with E-state index in [-0.39, 0.29) is 11.9 Å². The molecule has 0 saturated heterocycles. The second-order valence-corrected chi connectivity index (χ2v) is 5.06. The Balaban J connectivity index is 2.08. The van der Waals surface area contributed by atoms with Crippen molar-refractivity contribution in [3.05, 3.63) is 29.8 Å². The summed E-state index contributed by atoms with van der Waals surface area (Å²) in [7, 11) is 3.37. The van der Waals surface area contributed by atoms with Gasteiger partial charge in [0.25, 0.3) is 5.91 Å². The van der Waals surface area contributed by atoms with Crippen molar-refractivity contribution < 1.29 is 14.6 Å². The number of aliphatic hydroxyl groups excluding tert-OH is 1. The lowest BCUT2D eigenvalue weighted by Gasteiger charge is -2.35. The SMILES string of the molecule is COc1ccc(C(=O)N(C)[C@H]2CCCC[C@@H]2O)cc1. The largest absolute Gasteiger partial charge is 0.497 e. The predicted octanol–water partition coefficient (Wildman–Crippen LogP) is 2.07. The highest BCUT2D eigenvalue weighted by Crippen LogP contribution is 2.24. The topological polar surface area (TPSA) is 49.8 Å². The maximum absolute atomic E-state index is 12.4. The van der Waals surface area contributed by atoms with Gasteiger partial charge in [-0.3, -0.25) is 4.79 Å². The van der Waals surface area contributed by atoms with Crippen LogP contribution in [0, 0.1) is 0 Å². The molecule has 104 valence electrons. The number of carbonyl (C=O) groups is 1. The molecule has 1 aromatic rings. The van der Waals surface area contributed by atoms with Crippen LogP contribution in [0.3, 0.4) is 0 Å². The zero-order valence-corrected chi connectivity index (χ0v) is 11.5. The maximum Gasteiger partial charge on any atom is 0.253 e. The van der Waals surface area contributed by atoms with E-state index in [4.69, 9.17) is 4.74 Å². The molecule has 0 heterocycles. The molecule has 1 aliphatic rings. The van der Waals surface area contributed by atoms with E-state index in [2.05, 4.69) is 0 Å². The summed E-state index contributed by atoms with van der Waals surface area (Å²) in [6, 6.07) is 7.00. The predicted molar refractivity (Wildman–Crippen MR) is 73.4 cm³/mol. The highest BCUT2D eigenvalue weighted by Gasteiger charge is 2.29. The van der Waals surface area contributed by atoms with Crippen LogP contribution in [0.1, 0.15) is 36.0 Å². The van der Waals surface area contributed by atoms with Crippen molar-refractivity contribution in [1.29, 1.82) is 0 Å². The Morgan fingerprint density at radius 1 is 1.26 bits per heavy atom. The van der Waals surface area contributed by atoms with Gasteiger partial charge in [-0.1, -0.05) is 12.8 Å². The maximum atomic E-state index is 12.4. The number of nitrogens with zero attached hydrogens (tertiary/aromatic N) is 1. The summed E-state index contributed by atoms with van der Waals surface area (Å²) in [6.45, 7) is 0. The molecule has 0 radical (unpaired) electrons. The second-order valence-electron chi connectivity index (χ2n) is 5.06. The van der Waals surface area contributed by atoms with Gasteiger partial charge in [-0.25, -0.2) is 0 Å². The summed E-state index contributed by atoms with van der Waals surface area (Å²) in [4.78, 5) is 14.0. The van der Waals surface area contributed by atoms with Gasteiger partial charge in [-0.2, -0.15) is 0 Å². The van der Waals surface area contributed by atoms with Crippen molar-refractivity contribution in [2.75, 3.05) is 14.2 Å². The van der Waals surface area contributed by atoms with E-state index < -0.39 is 6.10 Å². The lowest BCUT2D eigenvalue weighted by Crippen LogP contribution is -2.46. The van der Waals surface area contributed by atoms with E-state index in [0.29, 0.717) is 5.56 Å². The molecule has 0 aromatic heterocycles. The van der Waals surface area contributed by atoms with Crippen LogP contribution >= 0.6 is 0 Å². The van der Waals surface area contributed by atoms with E-state index >= 15 is 0 Å². The number of benzene rings is 1. The molecule has 1 aliphatic carbocycles. The highest BCUT2D eigenvalue weighted by molar-refractivity contribution is 5.94. The zero-order chi connectivity index (χ0) is 13.8. The Morgan fingerprint density at radius 2 is 1.89 bits per heavy atom. The van der Waals surface area contributed by atoms with Crippen LogP contribution in [0.25, 0.3) is 0 Å². The number of hydrogen-bond donors (Lipinski definition) is 1. The number of amides is 1. The molecule has 1 aromatic carbocycles. The third-order valence-corrected chi connectivity index (χ3v) is 3.85. The number of ether oxygens (including phenoxy) is 1. The van der Waals surface area contributed by atoms with Gasteiger partial charge in [0.05, 0.1) is 19.3 Å². The van der Waals surface area contributed by atoms with Gasteiger partial charge < -0.3 is 14.7 Å². The lowest BCUT2D eigenvalue weighted by atomic mass is 9.91. The second kappa shape index (κ2) is 6.06. The van der Waals surface area contributed by atoms with Gasteiger partial charge in [-0.05, 0) is 37.1 Å². The highest BCUT2D eigenvalue weighted by atomic mass is 16.5. The van der Waals surface area contributed by atoms with E-state index in [0.717, 1.165) is 31.4 Å². The molecule has 4 heteroatoms. The molecule has 0 bridgehead atoms. The average molecular weight is 263 g/mol. The smallest absolute Gasteiger partial charge is 0.253 e. The summed E-state index contributed by atoms with van der Waals surface area (Å²) < 4.78 is 5.08. The minimum absolute atomic E-state index is 0.0476. The Labute approximate surface area is 114 Å². The number of hydrogen-bond acceptors (Lipinski definition) is 3. The first-order valence-corrected chi connectivity index (χ1v) is 6.72. The Hall–Kier alpha value is -1.55. The lowest BCUT2D eigenvalue weighted by molar-refractivity contribution is 0.0268. The number of rotatable bonds is 3. The van der Waals surface area contributed by atoms with Crippen molar-refractivity contribution in [2.24, 2.45) is 0 Å². The van der Waals surface area contributed by atoms with E-state index in [1.165, 1.54) is 0 Å². The first kappa shape index (κ1) is 13.9. The fourth-order valence-electron chi connectivity index (χ4n) is 2.63. The normalized spacial score (nSPS) is 22.9. The standard InChI is InChI=1S/C15H21NO3/c1-16(13-5-3-4-6-14(13)17)15(18)11-7-9-12(19-2)10-8-11/h7-10,13-14,17H,3-6H2,1-2H3/t13-,14-/m0/s1. The van der Waals surface area contributed by atoms with E-state index in [9.17, 15) is 9.90 Å². The van der Waals surface area contributed by atoms with Gasteiger partial charge >= 0.3 is 0 Å². The number of carbonyl (C=O) groups excluding carboxylic acids is 1. The zero-order valence-electron chi connectivity index (χ0n) is 11.5. The molecular weight excluding hydrogens is 242 g/mol. The van der Waals surface area contributed by atoms with Crippen molar-refractivity contribution in [1.82, 2.24) is 4.90 Å². The minimum Gasteiger partial charge on any atom is -0.497 e. The third kappa shape index (κ3) is 3.07. The molecule has 0 unspecified atom stereocenters. The van der Waals surface area contributed by atoms with Crippen LogP contribution in [-0.2, 0) is 0 Å². The summed E-state index contributed by atoms with van der Waals surface area (Å²) in [6.07, 6.45) is 3.37. The molecule has 1 saturated carbocycles. The van der Waals surface area contributed by atoms with Gasteiger partial charge in [-0.15, -0.1) is 0 Å². The Kier molecular flexibility index (Phi) is 4.43. The van der Waals surface area contributed by atoms with Crippen molar-refractivity contribution in [3.8, 4) is 5.75 Å². The number of aliphatic hydroxyl groups is 1. The quantitative estimate of drug-likeness (QED) is 0.908. The summed E-state index contributed by atoms with van der Waals surface area (Å²) in [5.74, 6) is 0.686. The number of methoxy groups -OCH3 is 1. The molecule has 19 heavy (non-hydrogen) atoms. The van der Waals surface area contributed by atoms with Gasteiger partial charge in [0, 0.05) is 12.6 Å². The van der Waals surface area contributed by atoms with Crippen molar-refractivity contribution in [2.45, 2.75) is 37.8 Å². The first-order chi connectivity index (χ1) is 9.13. The van der Waals surface area contributed by atoms with Gasteiger partial charge in [0.2, 0.25) is 0 Å². The van der Waals surface area contributed by atoms with Crippen LogP contribution in [0.15, 0.2) is 24.3 Å². The van der Waals surface area contributed by atoms with Crippen molar-refractivity contribution in [3.63, 3.8) is 0 Å². The van der Waals surface area contributed by atoms with E-state index in [1.54, 1.807) is 43.3 Å². The molecular formula is C15H21NO3. The molecule has 2 atom stereocenters. The summed E-state index contributed by atoms with van der Waals surface area (Å²) >= 11 is 0. The molecule has 1 amide bonds. The van der Waals surface area contributed by atoms with Crippen LogP contribution in [-0.4, -0.2) is 42.2 Å². The first-order valence-electron chi connectivity index (χ1n) is 6.72. The van der Waals surface area contributed by atoms with Crippen LogP contribution < -0.4 is 4.74 Å². The van der Waals surface area contributed by atoms with E-state index in [1.807, 2.05) is 0 Å². The van der Waals surface area contributed by atoms with Crippen LogP contribution in [0.5, 0.6) is 5.75 Å². The minimum atomic E-state index is -0.402. The fourth-order valence-corrected chi connectivity index (χ4v) is 2.63. The Morgan fingerprint density at radius 3 is 2.47 bits per heavy atom. The van der Waals surface area contributed by atoms with Gasteiger partial charge in [0.1, 0.15) is 5.75 Å². The van der Waals surface area contributed by atoms with Crippen molar-refractivity contribution >= 4 is 5.91 Å². The number of likely N-dealkylation sites (N-methyl/N-ethyl adjacent to an activating group) is 1. The molecule has 0 spiro atoms. The summed E-state index contributed by atoms with van der Waals surface area (Å²) in [5.41, 5.74) is 0.626. The Bertz CT molecular complexity index is 430. The molecule has 4 nitrogen and oxygen atoms in total. The van der Waals surface area contributed by atoms with Crippen LogP contribution in [0.4, 0.5) is 0 Å². The fraction of sp³-hybridized carbons (Fsp3) is 0.533. The molecule has 1 fully saturated rings. The summed E-state index contributed by atoms with van der Waals surface area (Å²) in [5, 5.41) is 10.0. The van der Waals surface area contributed by atoms with Crippen LogP contribution in [0.2, 0.25) is 0 Å². The average Bonchev–Trinajstić information content (AvgIpc) is 2.46. The molecule has 2 rings (SSSR count). The molecule has 1 N–H and O–H groups in total. The van der Waals surface area contributed by atoms with Gasteiger partial charge in [0.15, 0.2) is 0 Å².